The lowest BCUT2D eigenvalue weighted by Crippen LogP contribution is -2.14. The highest BCUT2D eigenvalue weighted by atomic mass is 19.1. The molecular weight excluding hydrogens is 273 g/mol. The second-order valence-corrected chi connectivity index (χ2v) is 4.22. The molecule has 0 spiro atoms. The highest BCUT2D eigenvalue weighted by Crippen LogP contribution is 2.23. The molecule has 0 bridgehead atoms. The van der Waals surface area contributed by atoms with Crippen molar-refractivity contribution in [1.29, 1.82) is 5.26 Å². The van der Waals surface area contributed by atoms with Crippen LogP contribution in [0.4, 0.5) is 15.8 Å². The van der Waals surface area contributed by atoms with Crippen LogP contribution in [0.25, 0.3) is 0 Å². The predicted molar refractivity (Wildman–Crippen MR) is 76.5 cm³/mol. The van der Waals surface area contributed by atoms with Crippen molar-refractivity contribution in [1.82, 2.24) is 0 Å². The first-order valence-corrected chi connectivity index (χ1v) is 5.99. The maximum Gasteiger partial charge on any atom is 0.259 e. The van der Waals surface area contributed by atoms with Crippen LogP contribution in [0.2, 0.25) is 0 Å². The largest absolute Gasteiger partial charge is 0.496 e. The van der Waals surface area contributed by atoms with E-state index in [1.54, 1.807) is 6.07 Å². The van der Waals surface area contributed by atoms with E-state index in [0.717, 1.165) is 6.07 Å². The van der Waals surface area contributed by atoms with Crippen LogP contribution in [0.15, 0.2) is 36.4 Å². The Hall–Kier alpha value is -3.07. The quantitative estimate of drug-likeness (QED) is 0.848. The smallest absolute Gasteiger partial charge is 0.259 e. The van der Waals surface area contributed by atoms with Gasteiger partial charge in [-0.1, -0.05) is 0 Å². The lowest BCUT2D eigenvalue weighted by molar-refractivity contribution is 0.102. The highest BCUT2D eigenvalue weighted by Gasteiger charge is 2.14. The number of benzene rings is 2. The Kier molecular flexibility index (Phi) is 4.05. The highest BCUT2D eigenvalue weighted by molar-refractivity contribution is 6.06. The summed E-state index contributed by atoms with van der Waals surface area (Å²) in [4.78, 5) is 12.1. The topological polar surface area (TPSA) is 88.1 Å². The number of methoxy groups -OCH3 is 1. The second-order valence-electron chi connectivity index (χ2n) is 4.22. The average molecular weight is 285 g/mol. The minimum absolute atomic E-state index is 0.0159. The zero-order valence-corrected chi connectivity index (χ0v) is 11.2. The zero-order chi connectivity index (χ0) is 15.4. The van der Waals surface area contributed by atoms with E-state index >= 15 is 0 Å². The molecule has 3 N–H and O–H groups in total. The van der Waals surface area contributed by atoms with Crippen LogP contribution in [0.5, 0.6) is 5.75 Å². The molecule has 0 heterocycles. The number of nitriles is 1. The van der Waals surface area contributed by atoms with E-state index < -0.39 is 11.7 Å². The number of nitrogens with zero attached hydrogens (tertiary/aromatic N) is 1. The third kappa shape index (κ3) is 3.09. The number of carbonyl (C=O) groups excluding carboxylic acids is 1. The number of hydrogen-bond donors (Lipinski definition) is 2. The van der Waals surface area contributed by atoms with Crippen molar-refractivity contribution in [2.75, 3.05) is 18.2 Å². The van der Waals surface area contributed by atoms with Crippen molar-refractivity contribution < 1.29 is 13.9 Å². The maximum atomic E-state index is 13.7. The summed E-state index contributed by atoms with van der Waals surface area (Å²) in [5.41, 5.74) is 6.45. The molecule has 0 aliphatic carbocycles. The molecule has 0 unspecified atom stereocenters. The van der Waals surface area contributed by atoms with E-state index in [1.165, 1.54) is 31.4 Å². The standard InChI is InChI=1S/C15H12FN3O2/c1-21-14-7-10(18)3-4-11(14)15(20)19-13-5-2-9(8-17)6-12(13)16/h2-7H,18H2,1H3,(H,19,20). The van der Waals surface area contributed by atoms with Gasteiger partial charge >= 0.3 is 0 Å². The molecule has 0 fully saturated rings. The van der Waals surface area contributed by atoms with Gasteiger partial charge in [-0.2, -0.15) is 5.26 Å². The number of carbonyl (C=O) groups is 1. The number of anilines is 2. The predicted octanol–water partition coefficient (Wildman–Crippen LogP) is 2.54. The fourth-order valence-corrected chi connectivity index (χ4v) is 1.77. The molecule has 0 saturated carbocycles. The molecule has 0 aromatic heterocycles. The first-order chi connectivity index (χ1) is 10.0. The molecule has 0 aliphatic rings. The summed E-state index contributed by atoms with van der Waals surface area (Å²) >= 11 is 0. The van der Waals surface area contributed by atoms with Crippen LogP contribution in [0, 0.1) is 17.1 Å². The van der Waals surface area contributed by atoms with Crippen molar-refractivity contribution in [2.24, 2.45) is 0 Å². The van der Waals surface area contributed by atoms with Crippen LogP contribution in [0.1, 0.15) is 15.9 Å². The molecule has 2 aromatic rings. The van der Waals surface area contributed by atoms with E-state index in [-0.39, 0.29) is 16.8 Å². The number of ether oxygens (including phenoxy) is 1. The number of nitrogens with one attached hydrogen (secondary N) is 1. The van der Waals surface area contributed by atoms with Gasteiger partial charge in [0.25, 0.3) is 5.91 Å². The molecule has 6 heteroatoms. The Bertz CT molecular complexity index is 738. The van der Waals surface area contributed by atoms with Gasteiger partial charge < -0.3 is 15.8 Å². The lowest BCUT2D eigenvalue weighted by atomic mass is 10.1. The van der Waals surface area contributed by atoms with Gasteiger partial charge in [-0.25, -0.2) is 4.39 Å². The van der Waals surface area contributed by atoms with Gasteiger partial charge in [0.1, 0.15) is 11.6 Å². The fourth-order valence-electron chi connectivity index (χ4n) is 1.77. The minimum atomic E-state index is -0.684. The third-order valence-electron chi connectivity index (χ3n) is 2.82. The van der Waals surface area contributed by atoms with Crippen LogP contribution in [-0.2, 0) is 0 Å². The van der Waals surface area contributed by atoms with Crippen molar-refractivity contribution in [2.45, 2.75) is 0 Å². The van der Waals surface area contributed by atoms with Gasteiger partial charge in [-0.05, 0) is 30.3 Å². The van der Waals surface area contributed by atoms with E-state index in [0.29, 0.717) is 11.4 Å². The fraction of sp³-hybridized carbons (Fsp3) is 0.0667. The van der Waals surface area contributed by atoms with Crippen molar-refractivity contribution >= 4 is 17.3 Å². The number of nitrogens with two attached hydrogens (primary N) is 1. The van der Waals surface area contributed by atoms with Crippen LogP contribution in [-0.4, -0.2) is 13.0 Å². The second kappa shape index (κ2) is 5.92. The summed E-state index contributed by atoms with van der Waals surface area (Å²) in [6, 6.07) is 10.2. The molecule has 1 amide bonds. The number of rotatable bonds is 3. The molecule has 0 atom stereocenters. The first kappa shape index (κ1) is 14.3. The van der Waals surface area contributed by atoms with Gasteiger partial charge in [-0.15, -0.1) is 0 Å². The number of hydrogen-bond acceptors (Lipinski definition) is 4. The summed E-state index contributed by atoms with van der Waals surface area (Å²) < 4.78 is 18.8. The lowest BCUT2D eigenvalue weighted by Gasteiger charge is -2.10. The first-order valence-electron chi connectivity index (χ1n) is 5.99. The Morgan fingerprint density at radius 3 is 2.71 bits per heavy atom. The molecule has 2 aromatic carbocycles. The van der Waals surface area contributed by atoms with E-state index in [1.807, 2.05) is 6.07 Å². The molecule has 0 saturated heterocycles. The van der Waals surface area contributed by atoms with Crippen molar-refractivity contribution in [3.63, 3.8) is 0 Å². The Labute approximate surface area is 120 Å². The molecular formula is C15H12FN3O2. The summed E-state index contributed by atoms with van der Waals surface area (Å²) in [5, 5.41) is 11.1. The van der Waals surface area contributed by atoms with Crippen molar-refractivity contribution in [3.8, 4) is 11.8 Å². The molecule has 21 heavy (non-hydrogen) atoms. The summed E-state index contributed by atoms with van der Waals surface area (Å²) in [7, 11) is 1.41. The van der Waals surface area contributed by atoms with Crippen LogP contribution >= 0.6 is 0 Å². The van der Waals surface area contributed by atoms with Gasteiger partial charge in [0.15, 0.2) is 0 Å². The monoisotopic (exact) mass is 285 g/mol. The SMILES string of the molecule is COc1cc(N)ccc1C(=O)Nc1ccc(C#N)cc1F. The van der Waals surface area contributed by atoms with Gasteiger partial charge in [0.2, 0.25) is 0 Å². The van der Waals surface area contributed by atoms with Gasteiger partial charge in [-0.3, -0.25) is 4.79 Å². The van der Waals surface area contributed by atoms with Crippen LogP contribution in [0.3, 0.4) is 0 Å². The van der Waals surface area contributed by atoms with Gasteiger partial charge in [0.05, 0.1) is 30.0 Å². The van der Waals surface area contributed by atoms with Crippen LogP contribution < -0.4 is 15.8 Å². The maximum absolute atomic E-state index is 13.7. The number of halogens is 1. The molecule has 5 nitrogen and oxygen atoms in total. The molecule has 106 valence electrons. The Morgan fingerprint density at radius 2 is 2.10 bits per heavy atom. The van der Waals surface area contributed by atoms with E-state index in [9.17, 15) is 9.18 Å². The Balaban J connectivity index is 2.28. The van der Waals surface area contributed by atoms with E-state index in [4.69, 9.17) is 15.7 Å². The average Bonchev–Trinajstić information content (AvgIpc) is 2.48. The van der Waals surface area contributed by atoms with Gasteiger partial charge in [0, 0.05) is 11.8 Å². The molecule has 0 radical (unpaired) electrons. The van der Waals surface area contributed by atoms with E-state index in [2.05, 4.69) is 5.32 Å². The zero-order valence-electron chi connectivity index (χ0n) is 11.2. The normalized spacial score (nSPS) is 9.76. The minimum Gasteiger partial charge on any atom is -0.496 e. The third-order valence-corrected chi connectivity index (χ3v) is 2.82. The summed E-state index contributed by atoms with van der Waals surface area (Å²) in [5.74, 6) is -0.922. The van der Waals surface area contributed by atoms with Crippen molar-refractivity contribution in [3.05, 3.63) is 53.3 Å². The Morgan fingerprint density at radius 1 is 1.33 bits per heavy atom. The summed E-state index contributed by atoms with van der Waals surface area (Å²) in [6.07, 6.45) is 0. The number of amides is 1. The molecule has 2 rings (SSSR count). The molecule has 0 aliphatic heterocycles. The summed E-state index contributed by atoms with van der Waals surface area (Å²) in [6.45, 7) is 0. The number of nitrogen functional groups attached to an aromatic ring is 1.